The fourth-order valence-corrected chi connectivity index (χ4v) is 3.43. The third-order valence-electron chi connectivity index (χ3n) is 5.03. The number of rotatable bonds is 6. The van der Waals surface area contributed by atoms with Gasteiger partial charge in [0.05, 0.1) is 11.8 Å². The van der Waals surface area contributed by atoms with Crippen LogP contribution < -0.4 is 10.1 Å². The van der Waals surface area contributed by atoms with Crippen LogP contribution in [0.2, 0.25) is 0 Å². The van der Waals surface area contributed by atoms with Crippen LogP contribution in [0.15, 0.2) is 48.5 Å². The first-order valence-electron chi connectivity index (χ1n) is 9.34. The van der Waals surface area contributed by atoms with Crippen LogP contribution in [-0.4, -0.2) is 36.1 Å². The molecule has 2 heterocycles. The van der Waals surface area contributed by atoms with E-state index >= 15 is 0 Å². The Balaban J connectivity index is 1.41. The van der Waals surface area contributed by atoms with Crippen LogP contribution in [0.5, 0.6) is 5.75 Å². The van der Waals surface area contributed by atoms with Crippen LogP contribution in [0, 0.1) is 0 Å². The van der Waals surface area contributed by atoms with Gasteiger partial charge in [-0.3, -0.25) is 9.59 Å². The van der Waals surface area contributed by atoms with E-state index in [9.17, 15) is 9.59 Å². The number of aryl methyl sites for hydroxylation is 1. The molecule has 28 heavy (non-hydrogen) atoms. The number of nitrogens with one attached hydrogen (secondary N) is 1. The first-order valence-corrected chi connectivity index (χ1v) is 9.34. The fourth-order valence-electron chi connectivity index (χ4n) is 3.43. The van der Waals surface area contributed by atoms with Crippen molar-refractivity contribution in [2.75, 3.05) is 18.5 Å². The van der Waals surface area contributed by atoms with Gasteiger partial charge in [0.1, 0.15) is 12.4 Å². The average Bonchev–Trinajstić information content (AvgIpc) is 3.34. The molecule has 1 fully saturated rings. The zero-order valence-corrected chi connectivity index (χ0v) is 15.7. The van der Waals surface area contributed by atoms with Gasteiger partial charge in [-0.15, -0.1) is 0 Å². The second kappa shape index (κ2) is 7.86. The first-order chi connectivity index (χ1) is 13.6. The second-order valence-electron chi connectivity index (χ2n) is 6.94. The van der Waals surface area contributed by atoms with Gasteiger partial charge in [-0.05, 0) is 61.4 Å². The molecule has 1 amide bonds. The summed E-state index contributed by atoms with van der Waals surface area (Å²) in [4.78, 5) is 23.6. The highest BCUT2D eigenvalue weighted by molar-refractivity contribution is 6.05. The lowest BCUT2D eigenvalue weighted by molar-refractivity contribution is 0.0679. The summed E-state index contributed by atoms with van der Waals surface area (Å²) in [5.41, 5.74) is 2.76. The molecule has 1 aromatic heterocycles. The van der Waals surface area contributed by atoms with Crippen LogP contribution in [0.4, 0.5) is 5.69 Å². The van der Waals surface area contributed by atoms with E-state index in [1.165, 1.54) is 0 Å². The molecule has 6 nitrogen and oxygen atoms in total. The molecule has 6 heteroatoms. The maximum absolute atomic E-state index is 12.5. The van der Waals surface area contributed by atoms with Crippen molar-refractivity contribution in [1.29, 1.82) is 0 Å². The van der Waals surface area contributed by atoms with Gasteiger partial charge in [0.25, 0.3) is 5.91 Å². The summed E-state index contributed by atoms with van der Waals surface area (Å²) in [6.45, 7) is 1.34. The molecule has 1 N–H and O–H groups in total. The van der Waals surface area contributed by atoms with Crippen molar-refractivity contribution in [3.63, 3.8) is 0 Å². The number of fused-ring (bicyclic) bond motifs is 1. The molecule has 4 rings (SSSR count). The lowest BCUT2D eigenvalue weighted by Gasteiger charge is -2.12. The number of benzene rings is 2. The Hall–Kier alpha value is -3.12. The molecule has 144 valence electrons. The Morgan fingerprint density at radius 1 is 1.25 bits per heavy atom. The predicted octanol–water partition coefficient (Wildman–Crippen LogP) is 3.80. The van der Waals surface area contributed by atoms with E-state index in [-0.39, 0.29) is 12.0 Å². The minimum Gasteiger partial charge on any atom is -0.491 e. The molecule has 1 aliphatic heterocycles. The number of hydrogen-bond acceptors (Lipinski definition) is 4. The van der Waals surface area contributed by atoms with Crippen molar-refractivity contribution in [2.24, 2.45) is 7.05 Å². The normalized spacial score (nSPS) is 16.2. The Labute approximate surface area is 163 Å². The lowest BCUT2D eigenvalue weighted by Crippen LogP contribution is -2.16. The van der Waals surface area contributed by atoms with E-state index in [0.717, 1.165) is 42.4 Å². The van der Waals surface area contributed by atoms with Gasteiger partial charge < -0.3 is 19.4 Å². The maximum Gasteiger partial charge on any atom is 0.255 e. The number of carbonyl (C=O) groups excluding carboxylic acids is 2. The lowest BCUT2D eigenvalue weighted by atomic mass is 10.2. The smallest absolute Gasteiger partial charge is 0.255 e. The van der Waals surface area contributed by atoms with E-state index in [2.05, 4.69) is 5.32 Å². The van der Waals surface area contributed by atoms with Crippen molar-refractivity contribution in [2.45, 2.75) is 18.9 Å². The Bertz CT molecular complexity index is 1000. The second-order valence-corrected chi connectivity index (χ2v) is 6.94. The summed E-state index contributed by atoms with van der Waals surface area (Å²) < 4.78 is 13.1. The number of carbonyl (C=O) groups is 2. The highest BCUT2D eigenvalue weighted by Crippen LogP contribution is 2.23. The summed E-state index contributed by atoms with van der Waals surface area (Å²) in [6, 6.07) is 14.4. The number of nitrogens with zero attached hydrogens (tertiary/aromatic N) is 1. The SMILES string of the molecule is Cn1c(C=O)cc2cc(NC(=O)c3ccc(OC[C@@H]4CCCO4)cc3)ccc21. The summed E-state index contributed by atoms with van der Waals surface area (Å²) in [7, 11) is 1.84. The van der Waals surface area contributed by atoms with Crippen LogP contribution in [0.25, 0.3) is 10.9 Å². The van der Waals surface area contributed by atoms with E-state index in [0.29, 0.717) is 23.6 Å². The van der Waals surface area contributed by atoms with Crippen molar-refractivity contribution in [3.8, 4) is 5.75 Å². The molecule has 1 atom stereocenters. The van der Waals surface area contributed by atoms with Gasteiger partial charge in [-0.1, -0.05) is 0 Å². The van der Waals surface area contributed by atoms with Gasteiger partial charge >= 0.3 is 0 Å². The van der Waals surface area contributed by atoms with E-state index in [1.807, 2.05) is 29.8 Å². The fraction of sp³-hybridized carbons (Fsp3) is 0.273. The minimum absolute atomic E-state index is 0.163. The largest absolute Gasteiger partial charge is 0.491 e. The third-order valence-corrected chi connectivity index (χ3v) is 5.03. The Morgan fingerprint density at radius 2 is 2.07 bits per heavy atom. The van der Waals surface area contributed by atoms with E-state index in [4.69, 9.17) is 9.47 Å². The molecular formula is C22H22N2O4. The molecule has 0 bridgehead atoms. The number of aldehydes is 1. The van der Waals surface area contributed by atoms with Gasteiger partial charge in [0, 0.05) is 35.8 Å². The topological polar surface area (TPSA) is 69.6 Å². The molecule has 0 saturated carbocycles. The first kappa shape index (κ1) is 18.3. The molecule has 0 aliphatic carbocycles. The molecule has 3 aromatic rings. The monoisotopic (exact) mass is 378 g/mol. The van der Waals surface area contributed by atoms with Crippen molar-refractivity contribution in [1.82, 2.24) is 4.57 Å². The maximum atomic E-state index is 12.5. The van der Waals surface area contributed by atoms with Crippen molar-refractivity contribution >= 4 is 28.8 Å². The van der Waals surface area contributed by atoms with Crippen molar-refractivity contribution in [3.05, 3.63) is 59.8 Å². The van der Waals surface area contributed by atoms with Crippen LogP contribution in [-0.2, 0) is 11.8 Å². The molecule has 0 unspecified atom stereocenters. The van der Waals surface area contributed by atoms with Crippen LogP contribution >= 0.6 is 0 Å². The highest BCUT2D eigenvalue weighted by Gasteiger charge is 2.16. The molecular weight excluding hydrogens is 356 g/mol. The summed E-state index contributed by atoms with van der Waals surface area (Å²) in [5.74, 6) is 0.524. The zero-order chi connectivity index (χ0) is 19.5. The average molecular weight is 378 g/mol. The standard InChI is InChI=1S/C22H22N2O4/c1-24-18(13-25)12-16-11-17(6-9-21(16)24)23-22(26)15-4-7-19(8-5-15)28-14-20-3-2-10-27-20/h4-9,11-13,20H,2-3,10,14H2,1H3,(H,23,26)/t20-/m0/s1. The molecule has 0 spiro atoms. The van der Waals surface area contributed by atoms with Crippen molar-refractivity contribution < 1.29 is 19.1 Å². The quantitative estimate of drug-likeness (QED) is 0.663. The summed E-state index contributed by atoms with van der Waals surface area (Å²) >= 11 is 0. The molecule has 1 aliphatic rings. The van der Waals surface area contributed by atoms with E-state index in [1.54, 1.807) is 30.3 Å². The van der Waals surface area contributed by atoms with E-state index < -0.39 is 0 Å². The third kappa shape index (κ3) is 3.77. The zero-order valence-electron chi connectivity index (χ0n) is 15.7. The number of hydrogen-bond donors (Lipinski definition) is 1. The molecule has 0 radical (unpaired) electrons. The summed E-state index contributed by atoms with van der Waals surface area (Å²) in [5, 5.41) is 3.80. The van der Waals surface area contributed by atoms with Gasteiger partial charge in [0.2, 0.25) is 0 Å². The molecule has 2 aromatic carbocycles. The number of aromatic nitrogens is 1. The van der Waals surface area contributed by atoms with Gasteiger partial charge in [0.15, 0.2) is 6.29 Å². The predicted molar refractivity (Wildman–Crippen MR) is 107 cm³/mol. The number of amides is 1. The molecule has 1 saturated heterocycles. The van der Waals surface area contributed by atoms with Gasteiger partial charge in [-0.25, -0.2) is 0 Å². The minimum atomic E-state index is -0.198. The van der Waals surface area contributed by atoms with Crippen LogP contribution in [0.1, 0.15) is 33.7 Å². The number of ether oxygens (including phenoxy) is 2. The Kier molecular flexibility index (Phi) is 5.12. The Morgan fingerprint density at radius 3 is 2.79 bits per heavy atom. The van der Waals surface area contributed by atoms with Gasteiger partial charge in [-0.2, -0.15) is 0 Å². The summed E-state index contributed by atoms with van der Waals surface area (Å²) in [6.07, 6.45) is 3.09. The van der Waals surface area contributed by atoms with Crippen LogP contribution in [0.3, 0.4) is 0 Å². The highest BCUT2D eigenvalue weighted by atomic mass is 16.5. The number of anilines is 1.